The Morgan fingerprint density at radius 3 is 2.50 bits per heavy atom. The molecule has 5 heteroatoms. The van der Waals surface area contributed by atoms with Crippen molar-refractivity contribution in [1.29, 1.82) is 5.26 Å². The molecule has 0 unspecified atom stereocenters. The number of ether oxygens (including phenoxy) is 2. The SMILES string of the molecule is N#Cc1cc2c(cc1C(F)F)OCO2. The number of benzene rings is 1. The van der Waals surface area contributed by atoms with Crippen LogP contribution in [0.15, 0.2) is 12.1 Å². The van der Waals surface area contributed by atoms with Crippen LogP contribution in [0.4, 0.5) is 8.78 Å². The topological polar surface area (TPSA) is 42.2 Å². The summed E-state index contributed by atoms with van der Waals surface area (Å²) in [5, 5.41) is 8.62. The Bertz CT molecular complexity index is 412. The zero-order chi connectivity index (χ0) is 10.1. The van der Waals surface area contributed by atoms with Crippen molar-refractivity contribution < 1.29 is 18.3 Å². The van der Waals surface area contributed by atoms with Gasteiger partial charge in [0, 0.05) is 11.6 Å². The van der Waals surface area contributed by atoms with Gasteiger partial charge in [-0.15, -0.1) is 0 Å². The molecule has 0 saturated carbocycles. The van der Waals surface area contributed by atoms with Crippen LogP contribution < -0.4 is 9.47 Å². The molecule has 72 valence electrons. The van der Waals surface area contributed by atoms with Crippen molar-refractivity contribution in [3.8, 4) is 17.6 Å². The third kappa shape index (κ3) is 1.25. The van der Waals surface area contributed by atoms with Gasteiger partial charge in [0.05, 0.1) is 11.6 Å². The largest absolute Gasteiger partial charge is 0.454 e. The fourth-order valence-corrected chi connectivity index (χ4v) is 1.24. The highest BCUT2D eigenvalue weighted by atomic mass is 19.3. The summed E-state index contributed by atoms with van der Waals surface area (Å²) in [4.78, 5) is 0. The number of fused-ring (bicyclic) bond motifs is 1. The van der Waals surface area contributed by atoms with E-state index in [-0.39, 0.29) is 23.7 Å². The second-order valence-corrected chi connectivity index (χ2v) is 2.71. The normalized spacial score (nSPS) is 13.0. The first-order valence-electron chi connectivity index (χ1n) is 3.84. The van der Waals surface area contributed by atoms with Crippen molar-refractivity contribution in [3.63, 3.8) is 0 Å². The van der Waals surface area contributed by atoms with E-state index in [4.69, 9.17) is 14.7 Å². The number of nitriles is 1. The van der Waals surface area contributed by atoms with Crippen LogP contribution in [-0.4, -0.2) is 6.79 Å². The molecule has 1 heterocycles. The van der Waals surface area contributed by atoms with E-state index >= 15 is 0 Å². The smallest absolute Gasteiger partial charge is 0.265 e. The quantitative estimate of drug-likeness (QED) is 0.693. The van der Waals surface area contributed by atoms with Gasteiger partial charge in [-0.1, -0.05) is 0 Å². The summed E-state index contributed by atoms with van der Waals surface area (Å²) in [5.41, 5.74) is -0.402. The van der Waals surface area contributed by atoms with Gasteiger partial charge >= 0.3 is 0 Å². The van der Waals surface area contributed by atoms with Gasteiger partial charge in [0.15, 0.2) is 11.5 Å². The standard InChI is InChI=1S/C9H5F2NO2/c10-9(11)6-2-8-7(13-4-14-8)1-5(6)3-12/h1-2,9H,4H2. The third-order valence-corrected chi connectivity index (χ3v) is 1.90. The van der Waals surface area contributed by atoms with Gasteiger partial charge < -0.3 is 9.47 Å². The van der Waals surface area contributed by atoms with Crippen LogP contribution >= 0.6 is 0 Å². The summed E-state index contributed by atoms with van der Waals surface area (Å²) in [7, 11) is 0. The van der Waals surface area contributed by atoms with E-state index in [1.54, 1.807) is 6.07 Å². The van der Waals surface area contributed by atoms with Crippen LogP contribution in [-0.2, 0) is 0 Å². The molecule has 0 amide bonds. The lowest BCUT2D eigenvalue weighted by Crippen LogP contribution is -1.92. The van der Waals surface area contributed by atoms with E-state index < -0.39 is 6.43 Å². The predicted molar refractivity (Wildman–Crippen MR) is 42.2 cm³/mol. The van der Waals surface area contributed by atoms with Gasteiger partial charge in [0.1, 0.15) is 0 Å². The molecule has 1 aromatic rings. The minimum absolute atomic E-state index is 0.00684. The molecule has 0 aliphatic carbocycles. The number of rotatable bonds is 1. The number of alkyl halides is 2. The second-order valence-electron chi connectivity index (χ2n) is 2.71. The molecular weight excluding hydrogens is 192 g/mol. The molecule has 0 aromatic heterocycles. The predicted octanol–water partition coefficient (Wildman–Crippen LogP) is 2.22. The van der Waals surface area contributed by atoms with Crippen molar-refractivity contribution in [1.82, 2.24) is 0 Å². The van der Waals surface area contributed by atoms with Crippen molar-refractivity contribution in [2.45, 2.75) is 6.43 Å². The van der Waals surface area contributed by atoms with Crippen LogP contribution in [0.2, 0.25) is 0 Å². The Hall–Kier alpha value is -1.83. The number of halogens is 2. The first-order valence-corrected chi connectivity index (χ1v) is 3.84. The van der Waals surface area contributed by atoms with E-state index in [9.17, 15) is 8.78 Å². The maximum atomic E-state index is 12.4. The molecular formula is C9H5F2NO2. The monoisotopic (exact) mass is 197 g/mol. The molecule has 1 aromatic carbocycles. The molecule has 0 spiro atoms. The van der Waals surface area contributed by atoms with Crippen molar-refractivity contribution in [2.24, 2.45) is 0 Å². The van der Waals surface area contributed by atoms with E-state index in [0.29, 0.717) is 5.75 Å². The summed E-state index contributed by atoms with van der Waals surface area (Å²) in [5.74, 6) is 0.602. The third-order valence-electron chi connectivity index (χ3n) is 1.90. The molecule has 0 fully saturated rings. The van der Waals surface area contributed by atoms with Crippen molar-refractivity contribution in [2.75, 3.05) is 6.79 Å². The number of hydrogen-bond donors (Lipinski definition) is 0. The fourth-order valence-electron chi connectivity index (χ4n) is 1.24. The highest BCUT2D eigenvalue weighted by Gasteiger charge is 2.21. The van der Waals surface area contributed by atoms with Gasteiger partial charge in [-0.2, -0.15) is 5.26 Å². The molecule has 0 radical (unpaired) electrons. The van der Waals surface area contributed by atoms with E-state index in [1.165, 1.54) is 6.07 Å². The van der Waals surface area contributed by atoms with E-state index in [1.807, 2.05) is 0 Å². The van der Waals surface area contributed by atoms with Crippen LogP contribution in [0, 0.1) is 11.3 Å². The average Bonchev–Trinajstić information content (AvgIpc) is 2.62. The summed E-state index contributed by atoms with van der Waals surface area (Å²) in [6.07, 6.45) is -2.68. The van der Waals surface area contributed by atoms with Gasteiger partial charge in [-0.25, -0.2) is 8.78 Å². The molecule has 0 bridgehead atoms. The fraction of sp³-hybridized carbons (Fsp3) is 0.222. The Morgan fingerprint density at radius 2 is 1.93 bits per heavy atom. The Kier molecular flexibility index (Phi) is 1.97. The first-order chi connectivity index (χ1) is 6.72. The maximum Gasteiger partial charge on any atom is 0.265 e. The van der Waals surface area contributed by atoms with Crippen LogP contribution in [0.25, 0.3) is 0 Å². The lowest BCUT2D eigenvalue weighted by Gasteiger charge is -2.03. The molecule has 0 N–H and O–H groups in total. The zero-order valence-electron chi connectivity index (χ0n) is 6.96. The summed E-state index contributed by atoms with van der Waals surface area (Å²) in [6.45, 7) is 0.00684. The molecule has 14 heavy (non-hydrogen) atoms. The Balaban J connectivity index is 2.56. The molecule has 1 aliphatic rings. The minimum atomic E-state index is -2.68. The lowest BCUT2D eigenvalue weighted by molar-refractivity contribution is 0.150. The maximum absolute atomic E-state index is 12.4. The summed E-state index contributed by atoms with van der Waals surface area (Å²) < 4.78 is 34.8. The van der Waals surface area contributed by atoms with Gasteiger partial charge in [0.2, 0.25) is 6.79 Å². The van der Waals surface area contributed by atoms with E-state index in [2.05, 4.69) is 0 Å². The number of nitrogens with zero attached hydrogens (tertiary/aromatic N) is 1. The second kappa shape index (κ2) is 3.14. The van der Waals surface area contributed by atoms with Gasteiger partial charge in [0.25, 0.3) is 6.43 Å². The van der Waals surface area contributed by atoms with Gasteiger partial charge in [-0.3, -0.25) is 0 Å². The van der Waals surface area contributed by atoms with Gasteiger partial charge in [-0.05, 0) is 6.07 Å². The molecule has 2 rings (SSSR count). The number of hydrogen-bond acceptors (Lipinski definition) is 3. The van der Waals surface area contributed by atoms with Crippen molar-refractivity contribution in [3.05, 3.63) is 23.3 Å². The summed E-state index contributed by atoms with van der Waals surface area (Å²) in [6, 6.07) is 4.10. The lowest BCUT2D eigenvalue weighted by atomic mass is 10.1. The van der Waals surface area contributed by atoms with Crippen LogP contribution in [0.5, 0.6) is 11.5 Å². The first kappa shape index (κ1) is 8.75. The van der Waals surface area contributed by atoms with Crippen LogP contribution in [0.3, 0.4) is 0 Å². The summed E-state index contributed by atoms with van der Waals surface area (Å²) >= 11 is 0. The Labute approximate surface area is 78.5 Å². The van der Waals surface area contributed by atoms with Crippen molar-refractivity contribution >= 4 is 0 Å². The highest BCUT2D eigenvalue weighted by molar-refractivity contribution is 5.53. The molecule has 0 saturated heterocycles. The minimum Gasteiger partial charge on any atom is -0.454 e. The molecule has 3 nitrogen and oxygen atoms in total. The Morgan fingerprint density at radius 1 is 1.29 bits per heavy atom. The van der Waals surface area contributed by atoms with Crippen LogP contribution in [0.1, 0.15) is 17.6 Å². The van der Waals surface area contributed by atoms with E-state index in [0.717, 1.165) is 6.07 Å². The molecule has 1 aliphatic heterocycles. The highest BCUT2D eigenvalue weighted by Crippen LogP contribution is 2.37. The molecule has 0 atom stereocenters. The zero-order valence-corrected chi connectivity index (χ0v) is 6.96. The average molecular weight is 197 g/mol.